The van der Waals surface area contributed by atoms with Gasteiger partial charge in [0.15, 0.2) is 0 Å². The van der Waals surface area contributed by atoms with Gasteiger partial charge < -0.3 is 9.84 Å². The third-order valence-electron chi connectivity index (χ3n) is 2.64. The largest absolute Gasteiger partial charge is 0.507 e. The fourth-order valence-corrected chi connectivity index (χ4v) is 2.42. The Kier molecular flexibility index (Phi) is 3.46. The summed E-state index contributed by atoms with van der Waals surface area (Å²) in [6, 6.07) is 11.1. The van der Waals surface area contributed by atoms with Crippen LogP contribution < -0.4 is 4.74 Å². The molecule has 0 bridgehead atoms. The van der Waals surface area contributed by atoms with Gasteiger partial charge in [0.25, 0.3) is 10.1 Å². The number of aromatic hydroxyl groups is 1. The van der Waals surface area contributed by atoms with Gasteiger partial charge in [-0.15, -0.1) is 0 Å². The Morgan fingerprint density at radius 3 is 2.26 bits per heavy atom. The quantitative estimate of drug-likeness (QED) is 0.843. The lowest BCUT2D eigenvalue weighted by molar-refractivity contribution is 0.392. The number of methoxy groups -OCH3 is 1. The van der Waals surface area contributed by atoms with E-state index < -0.39 is 10.1 Å². The summed E-state index contributed by atoms with van der Waals surface area (Å²) in [6.45, 7) is 0. The summed E-state index contributed by atoms with van der Waals surface area (Å²) in [7, 11) is -3.17. The zero-order chi connectivity index (χ0) is 14.0. The summed E-state index contributed by atoms with van der Waals surface area (Å²) < 4.78 is 36.6. The van der Waals surface area contributed by atoms with Crippen LogP contribution in [-0.2, 0) is 10.1 Å². The van der Waals surface area contributed by atoms with Crippen molar-refractivity contribution in [3.8, 4) is 22.6 Å². The van der Waals surface area contributed by atoms with Gasteiger partial charge in [0, 0.05) is 11.6 Å². The van der Waals surface area contributed by atoms with Gasteiger partial charge in [0.05, 0.1) is 7.11 Å². The SMILES string of the molecule is COc1cc(O)c(-c2ccccc2)cc1S(=O)(=O)O. The van der Waals surface area contributed by atoms with Crippen molar-refractivity contribution >= 4 is 10.1 Å². The van der Waals surface area contributed by atoms with E-state index in [2.05, 4.69) is 0 Å². The van der Waals surface area contributed by atoms with Crippen LogP contribution in [0.1, 0.15) is 0 Å². The van der Waals surface area contributed by atoms with Crippen molar-refractivity contribution in [2.75, 3.05) is 7.11 Å². The molecule has 2 rings (SSSR count). The third kappa shape index (κ3) is 2.69. The second kappa shape index (κ2) is 4.91. The normalized spacial score (nSPS) is 11.3. The van der Waals surface area contributed by atoms with Gasteiger partial charge in [-0.2, -0.15) is 8.42 Å². The first-order valence-electron chi connectivity index (χ1n) is 5.37. The number of phenolic OH excluding ortho intramolecular Hbond substituents is 1. The zero-order valence-electron chi connectivity index (χ0n) is 10.1. The summed E-state index contributed by atoms with van der Waals surface area (Å²) >= 11 is 0. The number of ether oxygens (including phenoxy) is 1. The number of phenols is 1. The summed E-state index contributed by atoms with van der Waals surface area (Å²) in [6.07, 6.45) is 0. The van der Waals surface area contributed by atoms with Crippen LogP contribution >= 0.6 is 0 Å². The van der Waals surface area contributed by atoms with Gasteiger partial charge in [-0.25, -0.2) is 0 Å². The molecule has 0 amide bonds. The molecule has 0 aliphatic rings. The average molecular weight is 280 g/mol. The highest BCUT2D eigenvalue weighted by Gasteiger charge is 2.20. The van der Waals surface area contributed by atoms with Crippen LogP contribution in [0, 0.1) is 0 Å². The van der Waals surface area contributed by atoms with Gasteiger partial charge in [0.2, 0.25) is 0 Å². The van der Waals surface area contributed by atoms with Crippen LogP contribution in [0.5, 0.6) is 11.5 Å². The topological polar surface area (TPSA) is 83.8 Å². The molecule has 5 nitrogen and oxygen atoms in total. The molecule has 0 atom stereocenters. The summed E-state index contributed by atoms with van der Waals surface area (Å²) in [5.41, 5.74) is 0.932. The van der Waals surface area contributed by atoms with Gasteiger partial charge in [-0.3, -0.25) is 4.55 Å². The molecule has 0 fully saturated rings. The van der Waals surface area contributed by atoms with E-state index in [0.717, 1.165) is 6.07 Å². The van der Waals surface area contributed by atoms with Crippen molar-refractivity contribution < 1.29 is 22.8 Å². The number of hydrogen-bond acceptors (Lipinski definition) is 4. The summed E-state index contributed by atoms with van der Waals surface area (Å²) in [5, 5.41) is 9.91. The molecule has 0 unspecified atom stereocenters. The van der Waals surface area contributed by atoms with Gasteiger partial charge >= 0.3 is 0 Å². The van der Waals surface area contributed by atoms with Crippen LogP contribution in [-0.4, -0.2) is 25.2 Å². The smallest absolute Gasteiger partial charge is 0.298 e. The van der Waals surface area contributed by atoms with E-state index in [1.54, 1.807) is 30.3 Å². The molecule has 0 saturated carbocycles. The van der Waals surface area contributed by atoms with E-state index >= 15 is 0 Å². The van der Waals surface area contributed by atoms with Crippen molar-refractivity contribution in [3.63, 3.8) is 0 Å². The molecule has 0 aromatic heterocycles. The lowest BCUT2D eigenvalue weighted by Gasteiger charge is -2.11. The van der Waals surface area contributed by atoms with E-state index in [4.69, 9.17) is 4.74 Å². The molecule has 0 aliphatic carbocycles. The Balaban J connectivity index is 2.71. The minimum atomic E-state index is -4.43. The Morgan fingerprint density at radius 1 is 1.11 bits per heavy atom. The Bertz CT molecular complexity index is 692. The molecule has 19 heavy (non-hydrogen) atoms. The maximum atomic E-state index is 11.3. The van der Waals surface area contributed by atoms with E-state index in [0.29, 0.717) is 11.1 Å². The van der Waals surface area contributed by atoms with E-state index in [1.807, 2.05) is 0 Å². The van der Waals surface area contributed by atoms with Crippen LogP contribution in [0.25, 0.3) is 11.1 Å². The monoisotopic (exact) mass is 280 g/mol. The zero-order valence-corrected chi connectivity index (χ0v) is 10.9. The molecule has 0 aliphatic heterocycles. The average Bonchev–Trinajstić information content (AvgIpc) is 2.38. The fraction of sp³-hybridized carbons (Fsp3) is 0.0769. The van der Waals surface area contributed by atoms with Crippen LogP contribution in [0.4, 0.5) is 0 Å². The highest BCUT2D eigenvalue weighted by atomic mass is 32.2. The maximum absolute atomic E-state index is 11.3. The van der Waals surface area contributed by atoms with Crippen LogP contribution in [0.2, 0.25) is 0 Å². The molecule has 0 radical (unpaired) electrons. The molecular weight excluding hydrogens is 268 g/mol. The first-order chi connectivity index (χ1) is 8.93. The molecule has 0 heterocycles. The lowest BCUT2D eigenvalue weighted by Crippen LogP contribution is -2.02. The van der Waals surface area contributed by atoms with Gasteiger partial charge in [-0.05, 0) is 11.6 Å². The first kappa shape index (κ1) is 13.4. The maximum Gasteiger partial charge on any atom is 0.298 e. The molecule has 0 spiro atoms. The standard InChI is InChI=1S/C13H12O5S/c1-18-12-8-11(14)10(7-13(12)19(15,16)17)9-5-3-2-4-6-9/h2-8,14H,1H3,(H,15,16,17). The van der Waals surface area contributed by atoms with Crippen molar-refractivity contribution in [2.24, 2.45) is 0 Å². The predicted octanol–water partition coefficient (Wildman–Crippen LogP) is 2.31. The van der Waals surface area contributed by atoms with Crippen molar-refractivity contribution in [2.45, 2.75) is 4.90 Å². The lowest BCUT2D eigenvalue weighted by atomic mass is 10.0. The number of hydrogen-bond donors (Lipinski definition) is 2. The van der Waals surface area contributed by atoms with Crippen LogP contribution in [0.3, 0.4) is 0 Å². The highest BCUT2D eigenvalue weighted by molar-refractivity contribution is 7.86. The van der Waals surface area contributed by atoms with Crippen molar-refractivity contribution in [3.05, 3.63) is 42.5 Å². The molecule has 0 saturated heterocycles. The highest BCUT2D eigenvalue weighted by Crippen LogP contribution is 2.37. The first-order valence-corrected chi connectivity index (χ1v) is 6.81. The van der Waals surface area contributed by atoms with Crippen molar-refractivity contribution in [1.82, 2.24) is 0 Å². The molecule has 2 aromatic carbocycles. The van der Waals surface area contributed by atoms with Gasteiger partial charge in [0.1, 0.15) is 16.4 Å². The minimum Gasteiger partial charge on any atom is -0.507 e. The van der Waals surface area contributed by atoms with E-state index in [9.17, 15) is 18.1 Å². The van der Waals surface area contributed by atoms with Gasteiger partial charge in [-0.1, -0.05) is 30.3 Å². The molecule has 2 aromatic rings. The minimum absolute atomic E-state index is 0.111. The molecule has 6 heteroatoms. The number of rotatable bonds is 3. The molecule has 2 N–H and O–H groups in total. The Hall–Kier alpha value is -2.05. The second-order valence-electron chi connectivity index (χ2n) is 3.86. The molecule has 100 valence electrons. The van der Waals surface area contributed by atoms with E-state index in [-0.39, 0.29) is 16.4 Å². The Morgan fingerprint density at radius 2 is 1.74 bits per heavy atom. The second-order valence-corrected chi connectivity index (χ2v) is 5.25. The van der Waals surface area contributed by atoms with E-state index in [1.165, 1.54) is 13.2 Å². The van der Waals surface area contributed by atoms with Crippen LogP contribution in [0.15, 0.2) is 47.4 Å². The summed E-state index contributed by atoms with van der Waals surface area (Å²) in [5.74, 6) is -0.241. The third-order valence-corrected chi connectivity index (χ3v) is 3.52. The van der Waals surface area contributed by atoms with Crippen molar-refractivity contribution in [1.29, 1.82) is 0 Å². The molecular formula is C13H12O5S. The number of benzene rings is 2. The summed E-state index contributed by atoms with van der Waals surface area (Å²) in [4.78, 5) is -0.383. The Labute approximate surface area is 110 Å². The fourth-order valence-electron chi connectivity index (χ4n) is 1.76. The predicted molar refractivity (Wildman–Crippen MR) is 69.9 cm³/mol.